The number of nitrogens with zero attached hydrogens (tertiary/aromatic N) is 3. The molecule has 112 valence electrons. The van der Waals surface area contributed by atoms with E-state index in [1.165, 1.54) is 12.3 Å². The van der Waals surface area contributed by atoms with Gasteiger partial charge in [0.2, 0.25) is 0 Å². The smallest absolute Gasteiger partial charge is 0.254 e. The van der Waals surface area contributed by atoms with Crippen LogP contribution in [0.5, 0.6) is 0 Å². The number of pyridine rings is 1. The van der Waals surface area contributed by atoms with E-state index in [0.29, 0.717) is 6.54 Å². The maximum atomic E-state index is 14.0. The molecule has 0 aliphatic carbocycles. The molecule has 0 saturated carbocycles. The van der Waals surface area contributed by atoms with E-state index in [-0.39, 0.29) is 11.4 Å². The Balaban J connectivity index is 2.12. The minimum atomic E-state index is -0.653. The van der Waals surface area contributed by atoms with Gasteiger partial charge in [0.25, 0.3) is 5.91 Å². The molecule has 0 spiro atoms. The highest BCUT2D eigenvalue weighted by molar-refractivity contribution is 5.95. The number of hydrogen-bond donors (Lipinski definition) is 2. The molecule has 0 atom stereocenters. The number of aryl methyl sites for hydroxylation is 2. The topological polar surface area (TPSA) is 71.8 Å². The van der Waals surface area contributed by atoms with E-state index in [2.05, 4.69) is 20.7 Å². The summed E-state index contributed by atoms with van der Waals surface area (Å²) < 4.78 is 15.7. The zero-order chi connectivity index (χ0) is 15.4. The Bertz CT molecular complexity index is 653. The van der Waals surface area contributed by atoms with E-state index in [1.54, 1.807) is 11.7 Å². The van der Waals surface area contributed by atoms with E-state index >= 15 is 0 Å². The fourth-order valence-electron chi connectivity index (χ4n) is 2.09. The summed E-state index contributed by atoms with van der Waals surface area (Å²) in [5, 5.41) is 9.61. The van der Waals surface area contributed by atoms with Gasteiger partial charge >= 0.3 is 0 Å². The summed E-state index contributed by atoms with van der Waals surface area (Å²) >= 11 is 0. The van der Waals surface area contributed by atoms with Crippen molar-refractivity contribution in [1.29, 1.82) is 0 Å². The van der Waals surface area contributed by atoms with Gasteiger partial charge in [-0.1, -0.05) is 6.92 Å². The van der Waals surface area contributed by atoms with Gasteiger partial charge in [-0.3, -0.25) is 9.48 Å². The molecule has 1 amide bonds. The van der Waals surface area contributed by atoms with Crippen LogP contribution in [0.15, 0.2) is 18.5 Å². The number of nitrogens with one attached hydrogen (secondary N) is 2. The molecule has 0 aromatic carbocycles. The fraction of sp³-hybridized carbons (Fsp3) is 0.357. The minimum absolute atomic E-state index is 0.0312. The van der Waals surface area contributed by atoms with Crippen LogP contribution in [-0.2, 0) is 20.0 Å². The van der Waals surface area contributed by atoms with E-state index in [0.717, 1.165) is 17.7 Å². The number of aromatic nitrogens is 3. The van der Waals surface area contributed by atoms with Gasteiger partial charge in [0.1, 0.15) is 0 Å². The predicted octanol–water partition coefficient (Wildman–Crippen LogP) is 1.49. The van der Waals surface area contributed by atoms with Crippen LogP contribution in [0.4, 0.5) is 10.2 Å². The van der Waals surface area contributed by atoms with Crippen molar-refractivity contribution in [3.63, 3.8) is 0 Å². The molecule has 0 fully saturated rings. The second kappa shape index (κ2) is 6.34. The fourth-order valence-corrected chi connectivity index (χ4v) is 2.09. The maximum absolute atomic E-state index is 14.0. The highest BCUT2D eigenvalue weighted by Gasteiger charge is 2.16. The molecule has 21 heavy (non-hydrogen) atoms. The number of halogens is 1. The van der Waals surface area contributed by atoms with Gasteiger partial charge in [-0.25, -0.2) is 9.37 Å². The van der Waals surface area contributed by atoms with Gasteiger partial charge in [-0.05, 0) is 12.5 Å². The first-order valence-electron chi connectivity index (χ1n) is 6.68. The van der Waals surface area contributed by atoms with E-state index < -0.39 is 11.7 Å². The molecule has 0 saturated heterocycles. The largest absolute Gasteiger partial charge is 0.371 e. The van der Waals surface area contributed by atoms with Gasteiger partial charge in [-0.15, -0.1) is 0 Å². The van der Waals surface area contributed by atoms with Crippen molar-refractivity contribution >= 4 is 11.7 Å². The number of hydrogen-bond acceptors (Lipinski definition) is 4. The third kappa shape index (κ3) is 3.18. The summed E-state index contributed by atoms with van der Waals surface area (Å²) in [4.78, 5) is 15.9. The molecule has 7 heteroatoms. The number of carbonyl (C=O) groups is 1. The first-order chi connectivity index (χ1) is 10.1. The summed E-state index contributed by atoms with van der Waals surface area (Å²) in [6.45, 7) is 2.31. The lowest BCUT2D eigenvalue weighted by molar-refractivity contribution is 0.0946. The lowest BCUT2D eigenvalue weighted by Gasteiger charge is -2.08. The van der Waals surface area contributed by atoms with Crippen molar-refractivity contribution in [3.05, 3.63) is 41.1 Å². The van der Waals surface area contributed by atoms with E-state index in [1.807, 2.05) is 20.2 Å². The summed E-state index contributed by atoms with van der Waals surface area (Å²) in [7, 11) is 3.38. The van der Waals surface area contributed by atoms with Crippen LogP contribution in [0.25, 0.3) is 0 Å². The Labute approximate surface area is 122 Å². The van der Waals surface area contributed by atoms with Crippen LogP contribution in [0.1, 0.15) is 28.5 Å². The van der Waals surface area contributed by atoms with Crippen molar-refractivity contribution < 1.29 is 9.18 Å². The summed E-state index contributed by atoms with van der Waals surface area (Å²) in [6, 6.07) is 1.36. The number of amides is 1. The van der Waals surface area contributed by atoms with E-state index in [4.69, 9.17) is 0 Å². The summed E-state index contributed by atoms with van der Waals surface area (Å²) in [6.07, 6.45) is 4.02. The highest BCUT2D eigenvalue weighted by Crippen LogP contribution is 2.14. The molecule has 6 nitrogen and oxygen atoms in total. The van der Waals surface area contributed by atoms with Gasteiger partial charge < -0.3 is 10.6 Å². The Morgan fingerprint density at radius 3 is 2.90 bits per heavy atom. The monoisotopic (exact) mass is 291 g/mol. The second-order valence-corrected chi connectivity index (χ2v) is 4.58. The molecule has 0 radical (unpaired) electrons. The zero-order valence-electron chi connectivity index (χ0n) is 12.3. The Hall–Kier alpha value is -2.44. The van der Waals surface area contributed by atoms with Gasteiger partial charge in [-0.2, -0.15) is 5.10 Å². The molecule has 0 bridgehead atoms. The Kier molecular flexibility index (Phi) is 4.52. The average Bonchev–Trinajstić information content (AvgIpc) is 2.85. The van der Waals surface area contributed by atoms with Crippen LogP contribution in [0.3, 0.4) is 0 Å². The van der Waals surface area contributed by atoms with Crippen LogP contribution >= 0.6 is 0 Å². The Morgan fingerprint density at radius 2 is 2.24 bits per heavy atom. The molecule has 2 rings (SSSR count). The maximum Gasteiger partial charge on any atom is 0.254 e. The van der Waals surface area contributed by atoms with Crippen LogP contribution in [0, 0.1) is 5.82 Å². The molecular formula is C14H18FN5O. The third-order valence-electron chi connectivity index (χ3n) is 3.14. The molecule has 2 N–H and O–H groups in total. The second-order valence-electron chi connectivity index (χ2n) is 4.58. The van der Waals surface area contributed by atoms with Gasteiger partial charge in [0.15, 0.2) is 11.6 Å². The third-order valence-corrected chi connectivity index (χ3v) is 3.14. The normalized spacial score (nSPS) is 10.5. The molecular weight excluding hydrogens is 273 g/mol. The number of carbonyl (C=O) groups excluding carboxylic acids is 1. The van der Waals surface area contributed by atoms with Crippen molar-refractivity contribution in [2.24, 2.45) is 7.05 Å². The molecule has 0 unspecified atom stereocenters. The zero-order valence-corrected chi connectivity index (χ0v) is 12.3. The van der Waals surface area contributed by atoms with Crippen molar-refractivity contribution in [2.45, 2.75) is 19.9 Å². The summed E-state index contributed by atoms with van der Waals surface area (Å²) in [5.74, 6) is -1.07. The molecule has 2 heterocycles. The van der Waals surface area contributed by atoms with Crippen molar-refractivity contribution in [2.75, 3.05) is 12.4 Å². The van der Waals surface area contributed by atoms with Gasteiger partial charge in [0.05, 0.1) is 11.3 Å². The standard InChI is InChI=1S/C14H18FN5O/c1-4-11-9(8-20(3)19-11)7-18-14(21)10-5-6-17-13(16-2)12(10)15/h5-6,8H,4,7H2,1-3H3,(H,16,17)(H,18,21). The molecule has 2 aromatic rings. The summed E-state index contributed by atoms with van der Waals surface area (Å²) in [5.41, 5.74) is 1.82. The van der Waals surface area contributed by atoms with Crippen LogP contribution < -0.4 is 10.6 Å². The lowest BCUT2D eigenvalue weighted by atomic mass is 10.2. The van der Waals surface area contributed by atoms with Crippen LogP contribution in [-0.4, -0.2) is 27.7 Å². The number of anilines is 1. The quantitative estimate of drug-likeness (QED) is 0.875. The van der Waals surface area contributed by atoms with Crippen molar-refractivity contribution in [3.8, 4) is 0 Å². The average molecular weight is 291 g/mol. The van der Waals surface area contributed by atoms with Crippen molar-refractivity contribution in [1.82, 2.24) is 20.1 Å². The SMILES string of the molecule is CCc1nn(C)cc1CNC(=O)c1ccnc(NC)c1F. The first-order valence-corrected chi connectivity index (χ1v) is 6.68. The lowest BCUT2D eigenvalue weighted by Crippen LogP contribution is -2.24. The molecule has 2 aromatic heterocycles. The molecule has 0 aliphatic heterocycles. The number of rotatable bonds is 5. The van der Waals surface area contributed by atoms with Crippen LogP contribution in [0.2, 0.25) is 0 Å². The minimum Gasteiger partial charge on any atom is -0.371 e. The van der Waals surface area contributed by atoms with E-state index in [9.17, 15) is 9.18 Å². The first kappa shape index (κ1) is 15.0. The predicted molar refractivity (Wildman–Crippen MR) is 77.5 cm³/mol. The van der Waals surface area contributed by atoms with Gasteiger partial charge in [0, 0.05) is 38.6 Å². The Morgan fingerprint density at radius 1 is 1.48 bits per heavy atom. The molecule has 0 aliphatic rings. The highest BCUT2D eigenvalue weighted by atomic mass is 19.1.